The quantitative estimate of drug-likeness (QED) is 0.626. The van der Waals surface area contributed by atoms with E-state index in [0.29, 0.717) is 0 Å². The highest BCUT2D eigenvalue weighted by molar-refractivity contribution is 5.75. The summed E-state index contributed by atoms with van der Waals surface area (Å²) in [6, 6.07) is 3.89. The van der Waals surface area contributed by atoms with E-state index in [-0.39, 0.29) is 0 Å². The minimum Gasteiger partial charge on any atom is -0.335 e. The summed E-state index contributed by atoms with van der Waals surface area (Å²) in [5, 5.41) is 6.74. The molecule has 0 fully saturated rings. The van der Waals surface area contributed by atoms with Crippen molar-refractivity contribution in [2.45, 2.75) is 6.92 Å². The van der Waals surface area contributed by atoms with Crippen molar-refractivity contribution in [3.8, 4) is 11.5 Å². The maximum atomic E-state index is 4.36. The molecule has 15 heavy (non-hydrogen) atoms. The fraction of sp³-hybridized carbons (Fsp3) is 0.100. The monoisotopic (exact) mass is 199 g/mol. The van der Waals surface area contributed by atoms with Gasteiger partial charge in [0, 0.05) is 12.4 Å². The summed E-state index contributed by atoms with van der Waals surface area (Å²) in [5.74, 6) is 0.764. The first-order chi connectivity index (χ1) is 7.33. The van der Waals surface area contributed by atoms with Gasteiger partial charge in [0.1, 0.15) is 5.69 Å². The number of H-pyrrole nitrogens is 2. The van der Waals surface area contributed by atoms with Gasteiger partial charge in [-0.2, -0.15) is 5.10 Å². The van der Waals surface area contributed by atoms with Crippen molar-refractivity contribution in [2.24, 2.45) is 0 Å². The van der Waals surface area contributed by atoms with Crippen molar-refractivity contribution >= 4 is 11.2 Å². The van der Waals surface area contributed by atoms with Crippen LogP contribution in [0.5, 0.6) is 0 Å². The number of rotatable bonds is 1. The molecule has 5 heteroatoms. The molecule has 0 saturated carbocycles. The molecule has 0 atom stereocenters. The molecule has 0 spiro atoms. The van der Waals surface area contributed by atoms with Gasteiger partial charge in [-0.1, -0.05) is 0 Å². The molecule has 3 rings (SSSR count). The SMILES string of the molecule is Cc1cnc2nc(-c3ccn[nH]3)[nH]c2c1. The highest BCUT2D eigenvalue weighted by atomic mass is 15.1. The Morgan fingerprint density at radius 2 is 2.27 bits per heavy atom. The van der Waals surface area contributed by atoms with E-state index in [1.165, 1.54) is 0 Å². The fourth-order valence-corrected chi connectivity index (χ4v) is 1.52. The summed E-state index contributed by atoms with van der Waals surface area (Å²) in [4.78, 5) is 11.8. The van der Waals surface area contributed by atoms with Gasteiger partial charge in [-0.25, -0.2) is 9.97 Å². The van der Waals surface area contributed by atoms with E-state index >= 15 is 0 Å². The number of aryl methyl sites for hydroxylation is 1. The number of fused-ring (bicyclic) bond motifs is 1. The number of hydrogen-bond acceptors (Lipinski definition) is 3. The van der Waals surface area contributed by atoms with Crippen molar-refractivity contribution in [1.29, 1.82) is 0 Å². The van der Waals surface area contributed by atoms with Gasteiger partial charge in [0.2, 0.25) is 0 Å². The zero-order chi connectivity index (χ0) is 10.3. The normalized spacial score (nSPS) is 11.0. The first-order valence-corrected chi connectivity index (χ1v) is 4.65. The molecule has 0 saturated heterocycles. The summed E-state index contributed by atoms with van der Waals surface area (Å²) in [6.07, 6.45) is 3.50. The summed E-state index contributed by atoms with van der Waals surface area (Å²) in [6.45, 7) is 2.00. The lowest BCUT2D eigenvalue weighted by Crippen LogP contribution is -1.79. The molecule has 0 aromatic carbocycles. The Bertz CT molecular complexity index is 593. The van der Waals surface area contributed by atoms with E-state index in [1.54, 1.807) is 12.4 Å². The molecule has 0 unspecified atom stereocenters. The van der Waals surface area contributed by atoms with Crippen LogP contribution in [0.3, 0.4) is 0 Å². The predicted molar refractivity (Wildman–Crippen MR) is 56.2 cm³/mol. The standard InChI is InChI=1S/C10H9N5/c1-6-4-8-9(11-5-6)14-10(13-8)7-2-3-12-15-7/h2-5H,1H3,(H,12,15)(H,11,13,14). The Kier molecular flexibility index (Phi) is 1.58. The van der Waals surface area contributed by atoms with Gasteiger partial charge >= 0.3 is 0 Å². The number of nitrogens with one attached hydrogen (secondary N) is 2. The van der Waals surface area contributed by atoms with Crippen molar-refractivity contribution < 1.29 is 0 Å². The minimum absolute atomic E-state index is 0.727. The smallest absolute Gasteiger partial charge is 0.178 e. The van der Waals surface area contributed by atoms with Crippen LogP contribution in [0, 0.1) is 6.92 Å². The molecule has 2 N–H and O–H groups in total. The molecule has 0 aliphatic rings. The molecular formula is C10H9N5. The van der Waals surface area contributed by atoms with Crippen LogP contribution >= 0.6 is 0 Å². The van der Waals surface area contributed by atoms with E-state index in [4.69, 9.17) is 0 Å². The predicted octanol–water partition coefficient (Wildman–Crippen LogP) is 1.66. The van der Waals surface area contributed by atoms with Crippen LogP contribution in [0.2, 0.25) is 0 Å². The second-order valence-electron chi connectivity index (χ2n) is 3.44. The zero-order valence-corrected chi connectivity index (χ0v) is 8.15. The Labute approximate surface area is 85.6 Å². The number of pyridine rings is 1. The third kappa shape index (κ3) is 1.28. The van der Waals surface area contributed by atoms with Crippen LogP contribution in [-0.4, -0.2) is 25.1 Å². The molecule has 0 bridgehead atoms. The van der Waals surface area contributed by atoms with Gasteiger partial charge in [0.15, 0.2) is 11.5 Å². The molecule has 5 nitrogen and oxygen atoms in total. The van der Waals surface area contributed by atoms with E-state index in [0.717, 1.165) is 28.2 Å². The first-order valence-electron chi connectivity index (χ1n) is 4.65. The van der Waals surface area contributed by atoms with Crippen LogP contribution < -0.4 is 0 Å². The molecule has 0 radical (unpaired) electrons. The molecule has 0 aliphatic heterocycles. The van der Waals surface area contributed by atoms with Crippen molar-refractivity contribution in [3.63, 3.8) is 0 Å². The number of aromatic nitrogens is 5. The Morgan fingerprint density at radius 1 is 1.33 bits per heavy atom. The number of aromatic amines is 2. The molecule has 0 aliphatic carbocycles. The maximum Gasteiger partial charge on any atom is 0.178 e. The van der Waals surface area contributed by atoms with Crippen molar-refractivity contribution in [1.82, 2.24) is 25.1 Å². The summed E-state index contributed by atoms with van der Waals surface area (Å²) < 4.78 is 0. The molecule has 3 aromatic heterocycles. The maximum absolute atomic E-state index is 4.36. The van der Waals surface area contributed by atoms with Crippen LogP contribution in [0.4, 0.5) is 0 Å². The minimum atomic E-state index is 0.727. The van der Waals surface area contributed by atoms with E-state index < -0.39 is 0 Å². The number of nitrogens with zero attached hydrogens (tertiary/aromatic N) is 3. The van der Waals surface area contributed by atoms with Gasteiger partial charge in [0.25, 0.3) is 0 Å². The Hall–Kier alpha value is -2.17. The highest BCUT2D eigenvalue weighted by Gasteiger charge is 2.06. The summed E-state index contributed by atoms with van der Waals surface area (Å²) in [5.41, 5.74) is 3.65. The lowest BCUT2D eigenvalue weighted by Gasteiger charge is -1.88. The third-order valence-corrected chi connectivity index (χ3v) is 2.23. The number of imidazole rings is 1. The second-order valence-corrected chi connectivity index (χ2v) is 3.44. The third-order valence-electron chi connectivity index (χ3n) is 2.23. The van der Waals surface area contributed by atoms with E-state index in [2.05, 4.69) is 25.1 Å². The van der Waals surface area contributed by atoms with Gasteiger partial charge < -0.3 is 4.98 Å². The average Bonchev–Trinajstić information content (AvgIpc) is 2.84. The second kappa shape index (κ2) is 2.91. The van der Waals surface area contributed by atoms with Gasteiger partial charge in [-0.3, -0.25) is 5.10 Å². The average molecular weight is 199 g/mol. The van der Waals surface area contributed by atoms with E-state index in [1.807, 2.05) is 19.1 Å². The molecular weight excluding hydrogens is 190 g/mol. The Balaban J connectivity index is 2.22. The number of hydrogen-bond donors (Lipinski definition) is 2. The first kappa shape index (κ1) is 8.16. The molecule has 0 amide bonds. The molecule has 3 heterocycles. The van der Waals surface area contributed by atoms with Crippen LogP contribution in [0.15, 0.2) is 24.5 Å². The zero-order valence-electron chi connectivity index (χ0n) is 8.15. The van der Waals surface area contributed by atoms with Gasteiger partial charge in [-0.15, -0.1) is 0 Å². The lowest BCUT2D eigenvalue weighted by atomic mass is 10.3. The highest BCUT2D eigenvalue weighted by Crippen LogP contribution is 2.17. The van der Waals surface area contributed by atoms with Crippen molar-refractivity contribution in [3.05, 3.63) is 30.1 Å². The van der Waals surface area contributed by atoms with Crippen LogP contribution in [0.25, 0.3) is 22.7 Å². The van der Waals surface area contributed by atoms with Gasteiger partial charge in [-0.05, 0) is 24.6 Å². The summed E-state index contributed by atoms with van der Waals surface area (Å²) in [7, 11) is 0. The topological polar surface area (TPSA) is 70.2 Å². The molecule has 3 aromatic rings. The van der Waals surface area contributed by atoms with Crippen molar-refractivity contribution in [2.75, 3.05) is 0 Å². The van der Waals surface area contributed by atoms with Crippen LogP contribution in [0.1, 0.15) is 5.56 Å². The van der Waals surface area contributed by atoms with Crippen LogP contribution in [-0.2, 0) is 0 Å². The largest absolute Gasteiger partial charge is 0.335 e. The van der Waals surface area contributed by atoms with E-state index in [9.17, 15) is 0 Å². The lowest BCUT2D eigenvalue weighted by molar-refractivity contribution is 1.08. The molecule has 74 valence electrons. The summed E-state index contributed by atoms with van der Waals surface area (Å²) >= 11 is 0. The fourth-order valence-electron chi connectivity index (χ4n) is 1.52. The Morgan fingerprint density at radius 3 is 3.07 bits per heavy atom. The van der Waals surface area contributed by atoms with Gasteiger partial charge in [0.05, 0.1) is 5.52 Å².